The number of carbonyl (C=O) groups is 1. The summed E-state index contributed by atoms with van der Waals surface area (Å²) in [6.45, 7) is 2.72. The number of nitro benzene ring substituents is 3. The van der Waals surface area contributed by atoms with Gasteiger partial charge in [-0.25, -0.2) is 4.79 Å². The molecule has 41 heavy (non-hydrogen) atoms. The van der Waals surface area contributed by atoms with Crippen molar-refractivity contribution in [1.82, 2.24) is 0 Å². The van der Waals surface area contributed by atoms with Gasteiger partial charge in [0.15, 0.2) is 0 Å². The summed E-state index contributed by atoms with van der Waals surface area (Å²) in [5.74, 6) is -0.903. The lowest BCUT2D eigenvalue weighted by atomic mass is 9.96. The number of non-ortho nitro benzene ring substituents is 2. The molecule has 0 bridgehead atoms. The van der Waals surface area contributed by atoms with Gasteiger partial charge in [0, 0.05) is 29.3 Å². The molecule has 0 unspecified atom stereocenters. The van der Waals surface area contributed by atoms with Crippen LogP contribution < -0.4 is 4.74 Å². The Morgan fingerprint density at radius 1 is 0.805 bits per heavy atom. The Morgan fingerprint density at radius 3 is 1.98 bits per heavy atom. The molecular formula is C29H27N3O9. The quantitative estimate of drug-likeness (QED) is 0.0988. The molecule has 1 N–H and O–H groups in total. The van der Waals surface area contributed by atoms with Crippen LogP contribution in [0.3, 0.4) is 0 Å². The van der Waals surface area contributed by atoms with Crippen molar-refractivity contribution >= 4 is 34.7 Å². The van der Waals surface area contributed by atoms with E-state index in [1.54, 1.807) is 30.3 Å². The summed E-state index contributed by atoms with van der Waals surface area (Å²) in [6, 6.07) is 10.7. The van der Waals surface area contributed by atoms with Crippen molar-refractivity contribution in [2.45, 2.75) is 45.4 Å². The van der Waals surface area contributed by atoms with E-state index in [9.17, 15) is 40.2 Å². The van der Waals surface area contributed by atoms with Crippen LogP contribution in [0.15, 0.2) is 48.5 Å². The molecule has 3 aromatic rings. The highest BCUT2D eigenvalue weighted by Gasteiger charge is 2.38. The predicted molar refractivity (Wildman–Crippen MR) is 151 cm³/mol. The Labute approximate surface area is 234 Å². The van der Waals surface area contributed by atoms with Gasteiger partial charge in [0.25, 0.3) is 17.1 Å². The molecule has 0 amide bonds. The Bertz CT molecular complexity index is 1480. The van der Waals surface area contributed by atoms with Crippen LogP contribution in [0.2, 0.25) is 0 Å². The summed E-state index contributed by atoms with van der Waals surface area (Å²) in [5, 5.41) is 45.1. The molecule has 0 fully saturated rings. The minimum atomic E-state index is -1.53. The maximum absolute atomic E-state index is 12.1. The number of fused-ring (bicyclic) bond motifs is 3. The average Bonchev–Trinajstić information content (AvgIpc) is 3.25. The van der Waals surface area contributed by atoms with E-state index in [0.717, 1.165) is 43.5 Å². The number of rotatable bonds is 13. The fraction of sp³-hybridized carbons (Fsp3) is 0.276. The standard InChI is InChI=1S/C29H27N3O9/c1-2-3-4-5-6-7-12-41-21-10-8-18(9-11-21)13-22-23-14-19(30(35)36)16-25(29(33)34)27(23)28-24(22)15-20(31(37)38)17-26(28)32(39)40/h8-11,13-17H,2-7,12H2,1H3,(H,33,34)/b22-13-. The summed E-state index contributed by atoms with van der Waals surface area (Å²) >= 11 is 0. The van der Waals surface area contributed by atoms with Crippen LogP contribution in [0.1, 0.15) is 72.5 Å². The molecule has 0 aliphatic heterocycles. The number of benzene rings is 3. The van der Waals surface area contributed by atoms with Crippen molar-refractivity contribution < 1.29 is 29.4 Å². The average molecular weight is 562 g/mol. The van der Waals surface area contributed by atoms with Crippen molar-refractivity contribution in [1.29, 1.82) is 0 Å². The molecule has 0 radical (unpaired) electrons. The van der Waals surface area contributed by atoms with E-state index in [1.807, 2.05) is 0 Å². The summed E-state index contributed by atoms with van der Waals surface area (Å²) in [6.07, 6.45) is 8.32. The van der Waals surface area contributed by atoms with Gasteiger partial charge in [-0.3, -0.25) is 30.3 Å². The molecule has 3 aromatic carbocycles. The zero-order valence-electron chi connectivity index (χ0n) is 22.2. The van der Waals surface area contributed by atoms with Crippen LogP contribution in [-0.2, 0) is 0 Å². The Hall–Kier alpha value is -5.13. The fourth-order valence-corrected chi connectivity index (χ4v) is 4.92. The molecule has 0 heterocycles. The van der Waals surface area contributed by atoms with E-state index in [2.05, 4.69) is 6.92 Å². The van der Waals surface area contributed by atoms with Crippen molar-refractivity contribution in [3.63, 3.8) is 0 Å². The maximum Gasteiger partial charge on any atom is 0.336 e. The van der Waals surface area contributed by atoms with Gasteiger partial charge in [-0.1, -0.05) is 51.2 Å². The van der Waals surface area contributed by atoms with Crippen LogP contribution in [0.4, 0.5) is 17.1 Å². The monoisotopic (exact) mass is 561 g/mol. The third-order valence-corrected chi connectivity index (χ3v) is 6.86. The lowest BCUT2D eigenvalue weighted by Gasteiger charge is -2.08. The number of carboxylic acid groups (broad SMARTS) is 1. The van der Waals surface area contributed by atoms with Gasteiger partial charge >= 0.3 is 5.97 Å². The molecule has 0 saturated carbocycles. The second-order valence-corrected chi connectivity index (χ2v) is 9.62. The lowest BCUT2D eigenvalue weighted by Crippen LogP contribution is -2.03. The summed E-state index contributed by atoms with van der Waals surface area (Å²) in [5.41, 5.74) is -1.70. The molecule has 12 heteroatoms. The topological polar surface area (TPSA) is 176 Å². The molecule has 0 spiro atoms. The van der Waals surface area contributed by atoms with Crippen LogP contribution >= 0.6 is 0 Å². The number of ether oxygens (including phenoxy) is 1. The number of hydrogen-bond donors (Lipinski definition) is 1. The zero-order valence-corrected chi connectivity index (χ0v) is 22.2. The van der Waals surface area contributed by atoms with Gasteiger partial charge in [0.2, 0.25) is 0 Å². The van der Waals surface area contributed by atoms with Crippen molar-refractivity contribution in [2.24, 2.45) is 0 Å². The number of aromatic carboxylic acids is 1. The SMILES string of the molecule is CCCCCCCCOc1ccc(/C=C2/c3cc([N+](=O)[O-])cc(C(=O)O)c3-c3c2cc([N+](=O)[O-])cc3[N+](=O)[O-])cc1. The Morgan fingerprint density at radius 2 is 1.39 bits per heavy atom. The molecule has 4 rings (SSSR count). The fourth-order valence-electron chi connectivity index (χ4n) is 4.92. The van der Waals surface area contributed by atoms with E-state index in [0.29, 0.717) is 17.9 Å². The molecule has 0 aromatic heterocycles. The normalized spacial score (nSPS) is 12.6. The smallest absolute Gasteiger partial charge is 0.336 e. The molecule has 0 atom stereocenters. The van der Waals surface area contributed by atoms with Crippen LogP contribution in [0.5, 0.6) is 5.75 Å². The van der Waals surface area contributed by atoms with Gasteiger partial charge in [0.05, 0.1) is 38.6 Å². The maximum atomic E-state index is 12.1. The third-order valence-electron chi connectivity index (χ3n) is 6.86. The van der Waals surface area contributed by atoms with Gasteiger partial charge in [-0.05, 0) is 41.3 Å². The Balaban J connectivity index is 1.77. The van der Waals surface area contributed by atoms with Gasteiger partial charge in [-0.15, -0.1) is 0 Å². The second-order valence-electron chi connectivity index (χ2n) is 9.62. The van der Waals surface area contributed by atoms with Crippen molar-refractivity contribution in [3.8, 4) is 16.9 Å². The highest BCUT2D eigenvalue weighted by molar-refractivity contribution is 6.14. The van der Waals surface area contributed by atoms with Crippen LogP contribution in [0.25, 0.3) is 22.8 Å². The molecule has 12 nitrogen and oxygen atoms in total. The van der Waals surface area contributed by atoms with Crippen LogP contribution in [-0.4, -0.2) is 32.5 Å². The first kappa shape index (κ1) is 28.9. The van der Waals surface area contributed by atoms with Gasteiger partial charge in [0.1, 0.15) is 5.75 Å². The van der Waals surface area contributed by atoms with Gasteiger partial charge in [-0.2, -0.15) is 0 Å². The van der Waals surface area contributed by atoms with E-state index >= 15 is 0 Å². The number of hydrogen-bond acceptors (Lipinski definition) is 8. The van der Waals surface area contributed by atoms with E-state index in [1.165, 1.54) is 19.3 Å². The minimum absolute atomic E-state index is 0.0345. The molecular weight excluding hydrogens is 534 g/mol. The first-order valence-electron chi connectivity index (χ1n) is 13.1. The number of unbranched alkanes of at least 4 members (excludes halogenated alkanes) is 5. The number of nitrogens with zero attached hydrogens (tertiary/aromatic N) is 3. The largest absolute Gasteiger partial charge is 0.494 e. The summed E-state index contributed by atoms with van der Waals surface area (Å²) in [7, 11) is 0. The molecule has 212 valence electrons. The first-order valence-corrected chi connectivity index (χ1v) is 13.1. The van der Waals surface area contributed by atoms with E-state index in [4.69, 9.17) is 4.74 Å². The van der Waals surface area contributed by atoms with E-state index < -0.39 is 43.4 Å². The number of nitro groups is 3. The van der Waals surface area contributed by atoms with Crippen molar-refractivity contribution in [3.05, 3.63) is 101 Å². The zero-order chi connectivity index (χ0) is 29.7. The minimum Gasteiger partial charge on any atom is -0.494 e. The van der Waals surface area contributed by atoms with Gasteiger partial charge < -0.3 is 9.84 Å². The first-order chi connectivity index (χ1) is 19.6. The summed E-state index contributed by atoms with van der Waals surface area (Å²) < 4.78 is 5.81. The third kappa shape index (κ3) is 6.21. The predicted octanol–water partition coefficient (Wildman–Crippen LogP) is 7.42. The molecule has 1 aliphatic rings. The van der Waals surface area contributed by atoms with Crippen LogP contribution in [0, 0.1) is 30.3 Å². The molecule has 0 saturated heterocycles. The van der Waals surface area contributed by atoms with Crippen molar-refractivity contribution in [2.75, 3.05) is 6.61 Å². The highest BCUT2D eigenvalue weighted by atomic mass is 16.6. The summed E-state index contributed by atoms with van der Waals surface area (Å²) in [4.78, 5) is 45.0. The lowest BCUT2D eigenvalue weighted by molar-refractivity contribution is -0.393. The number of carboxylic acids is 1. The second kappa shape index (κ2) is 12.4. The Kier molecular flexibility index (Phi) is 8.71. The molecule has 1 aliphatic carbocycles. The highest BCUT2D eigenvalue weighted by Crippen LogP contribution is 2.53. The van der Waals surface area contributed by atoms with E-state index in [-0.39, 0.29) is 27.8 Å².